The van der Waals surface area contributed by atoms with Crippen LogP contribution in [0, 0.1) is 0 Å². The van der Waals surface area contributed by atoms with Crippen LogP contribution in [0.2, 0.25) is 0 Å². The molecule has 0 spiro atoms. The summed E-state index contributed by atoms with van der Waals surface area (Å²) < 4.78 is 0. The van der Waals surface area contributed by atoms with Gasteiger partial charge in [0.25, 0.3) is 5.91 Å². The van der Waals surface area contributed by atoms with Gasteiger partial charge in [0, 0.05) is 16.9 Å². The third-order valence-electron chi connectivity index (χ3n) is 3.89. The van der Waals surface area contributed by atoms with Gasteiger partial charge in [0.2, 0.25) is 0 Å². The number of rotatable bonds is 8. The van der Waals surface area contributed by atoms with Gasteiger partial charge in [0.1, 0.15) is 6.04 Å². The molecule has 4 N–H and O–H groups in total. The monoisotopic (exact) mass is 369 g/mol. The van der Waals surface area contributed by atoms with Crippen LogP contribution < -0.4 is 16.0 Å². The summed E-state index contributed by atoms with van der Waals surface area (Å²) in [5, 5.41) is 17.1. The molecule has 142 valence electrons. The maximum absolute atomic E-state index is 12.2. The van der Waals surface area contributed by atoms with Crippen molar-refractivity contribution in [3.8, 4) is 0 Å². The number of carbonyl (C=O) groups is 3. The fourth-order valence-corrected chi connectivity index (χ4v) is 2.43. The van der Waals surface area contributed by atoms with Gasteiger partial charge in [-0.15, -0.1) is 0 Å². The van der Waals surface area contributed by atoms with Crippen LogP contribution in [0.4, 0.5) is 16.2 Å². The molecular formula is C20H23N3O4. The Balaban J connectivity index is 1.92. The second-order valence-corrected chi connectivity index (χ2v) is 6.03. The van der Waals surface area contributed by atoms with Crippen LogP contribution in [0.15, 0.2) is 54.6 Å². The lowest BCUT2D eigenvalue weighted by Crippen LogP contribution is -2.40. The van der Waals surface area contributed by atoms with E-state index in [4.69, 9.17) is 0 Å². The maximum atomic E-state index is 12.2. The Morgan fingerprint density at radius 2 is 1.52 bits per heavy atom. The summed E-state index contributed by atoms with van der Waals surface area (Å²) in [6.07, 6.45) is 1.96. The van der Waals surface area contributed by atoms with Crippen molar-refractivity contribution in [1.29, 1.82) is 0 Å². The number of benzene rings is 2. The largest absolute Gasteiger partial charge is 0.480 e. The third-order valence-corrected chi connectivity index (χ3v) is 3.89. The zero-order valence-corrected chi connectivity index (χ0v) is 15.1. The molecule has 0 aliphatic rings. The van der Waals surface area contributed by atoms with Crippen LogP contribution in [-0.4, -0.2) is 29.1 Å². The number of nitrogens with one attached hydrogen (secondary N) is 3. The molecule has 0 unspecified atom stereocenters. The van der Waals surface area contributed by atoms with Crippen LogP contribution in [0.3, 0.4) is 0 Å². The van der Waals surface area contributed by atoms with Crippen molar-refractivity contribution in [2.45, 2.75) is 32.2 Å². The van der Waals surface area contributed by atoms with E-state index in [1.54, 1.807) is 24.3 Å². The second-order valence-electron chi connectivity index (χ2n) is 6.03. The highest BCUT2D eigenvalue weighted by atomic mass is 16.4. The second kappa shape index (κ2) is 9.96. The Morgan fingerprint density at radius 3 is 2.07 bits per heavy atom. The van der Waals surface area contributed by atoms with Crippen LogP contribution >= 0.6 is 0 Å². The summed E-state index contributed by atoms with van der Waals surface area (Å²) >= 11 is 0. The number of urea groups is 1. The molecule has 2 aromatic rings. The van der Waals surface area contributed by atoms with E-state index in [2.05, 4.69) is 16.0 Å². The van der Waals surface area contributed by atoms with Gasteiger partial charge in [0.15, 0.2) is 0 Å². The third kappa shape index (κ3) is 6.47. The highest BCUT2D eigenvalue weighted by molar-refractivity contribution is 6.00. The zero-order valence-electron chi connectivity index (χ0n) is 15.1. The Morgan fingerprint density at radius 1 is 0.926 bits per heavy atom. The molecular weight excluding hydrogens is 346 g/mol. The Kier molecular flexibility index (Phi) is 7.37. The van der Waals surface area contributed by atoms with Crippen LogP contribution in [-0.2, 0) is 4.79 Å². The average molecular weight is 369 g/mol. The molecule has 0 saturated carbocycles. The van der Waals surface area contributed by atoms with Crippen molar-refractivity contribution in [3.05, 3.63) is 60.2 Å². The van der Waals surface area contributed by atoms with Gasteiger partial charge >= 0.3 is 12.0 Å². The first-order valence-electron chi connectivity index (χ1n) is 8.76. The van der Waals surface area contributed by atoms with Gasteiger partial charge in [-0.3, -0.25) is 4.79 Å². The summed E-state index contributed by atoms with van der Waals surface area (Å²) in [7, 11) is 0. The number of hydrogen-bond donors (Lipinski definition) is 4. The summed E-state index contributed by atoms with van der Waals surface area (Å²) in [4.78, 5) is 35.4. The molecule has 0 aromatic heterocycles. The van der Waals surface area contributed by atoms with E-state index >= 15 is 0 Å². The molecule has 2 rings (SSSR count). The van der Waals surface area contributed by atoms with Crippen LogP contribution in [0.25, 0.3) is 0 Å². The van der Waals surface area contributed by atoms with Crippen LogP contribution in [0.5, 0.6) is 0 Å². The predicted molar refractivity (Wildman–Crippen MR) is 104 cm³/mol. The van der Waals surface area contributed by atoms with Gasteiger partial charge in [-0.2, -0.15) is 0 Å². The number of anilines is 2. The number of unbranched alkanes of at least 4 members (excludes halogenated alkanes) is 1. The lowest BCUT2D eigenvalue weighted by atomic mass is 10.1. The summed E-state index contributed by atoms with van der Waals surface area (Å²) in [5.74, 6) is -1.51. The fourth-order valence-electron chi connectivity index (χ4n) is 2.43. The van der Waals surface area contributed by atoms with E-state index < -0.39 is 23.9 Å². The first kappa shape index (κ1) is 20.0. The van der Waals surface area contributed by atoms with Gasteiger partial charge in [-0.1, -0.05) is 38.0 Å². The van der Waals surface area contributed by atoms with Crippen molar-refractivity contribution < 1.29 is 19.5 Å². The first-order valence-corrected chi connectivity index (χ1v) is 8.76. The lowest BCUT2D eigenvalue weighted by molar-refractivity contribution is -0.139. The SMILES string of the molecule is CCCC[C@H](NC(=O)c1ccc(NC(=O)Nc2ccccc2)cc1)C(=O)O. The van der Waals surface area contributed by atoms with Gasteiger partial charge < -0.3 is 21.1 Å². The molecule has 0 radical (unpaired) electrons. The molecule has 3 amide bonds. The molecule has 0 fully saturated rings. The predicted octanol–water partition coefficient (Wildman–Crippen LogP) is 3.70. The normalized spacial score (nSPS) is 11.3. The molecule has 7 heteroatoms. The topological polar surface area (TPSA) is 108 Å². The quantitative estimate of drug-likeness (QED) is 0.569. The molecule has 0 aliphatic heterocycles. The molecule has 2 aromatic carbocycles. The maximum Gasteiger partial charge on any atom is 0.326 e. The highest BCUT2D eigenvalue weighted by Crippen LogP contribution is 2.12. The fraction of sp³-hybridized carbons (Fsp3) is 0.250. The van der Waals surface area contributed by atoms with E-state index in [-0.39, 0.29) is 0 Å². The minimum atomic E-state index is -1.05. The van der Waals surface area contributed by atoms with Crippen molar-refractivity contribution in [2.75, 3.05) is 10.6 Å². The number of hydrogen-bond acceptors (Lipinski definition) is 3. The van der Waals surface area contributed by atoms with Gasteiger partial charge in [0.05, 0.1) is 0 Å². The number of amides is 3. The smallest absolute Gasteiger partial charge is 0.326 e. The zero-order chi connectivity index (χ0) is 19.6. The standard InChI is InChI=1S/C20H23N3O4/c1-2-3-9-17(19(25)26)23-18(24)14-10-12-16(13-11-14)22-20(27)21-15-7-5-4-6-8-15/h4-8,10-13,17H,2-3,9H2,1H3,(H,23,24)(H,25,26)(H2,21,22,27)/t17-/m0/s1. The Labute approximate surface area is 157 Å². The molecule has 0 heterocycles. The van der Waals surface area contributed by atoms with E-state index in [9.17, 15) is 19.5 Å². The minimum Gasteiger partial charge on any atom is -0.480 e. The molecule has 27 heavy (non-hydrogen) atoms. The first-order chi connectivity index (χ1) is 13.0. The molecule has 0 bridgehead atoms. The summed E-state index contributed by atoms with van der Waals surface area (Å²) in [6.45, 7) is 1.96. The van der Waals surface area contributed by atoms with Gasteiger partial charge in [-0.05, 0) is 42.8 Å². The number of carboxylic acids is 1. The van der Waals surface area contributed by atoms with Crippen LogP contribution in [0.1, 0.15) is 36.5 Å². The highest BCUT2D eigenvalue weighted by Gasteiger charge is 2.19. The van der Waals surface area contributed by atoms with Crippen molar-refractivity contribution >= 4 is 29.3 Å². The molecule has 0 aliphatic carbocycles. The number of para-hydroxylation sites is 1. The van der Waals surface area contributed by atoms with E-state index in [1.807, 2.05) is 25.1 Å². The van der Waals surface area contributed by atoms with Gasteiger partial charge in [-0.25, -0.2) is 9.59 Å². The molecule has 7 nitrogen and oxygen atoms in total. The van der Waals surface area contributed by atoms with E-state index in [1.165, 1.54) is 12.1 Å². The average Bonchev–Trinajstić information content (AvgIpc) is 2.66. The minimum absolute atomic E-state index is 0.326. The van der Waals surface area contributed by atoms with Crippen molar-refractivity contribution in [3.63, 3.8) is 0 Å². The Hall–Kier alpha value is -3.35. The van der Waals surface area contributed by atoms with E-state index in [0.29, 0.717) is 23.4 Å². The van der Waals surface area contributed by atoms with Crippen molar-refractivity contribution in [1.82, 2.24) is 5.32 Å². The number of aliphatic carboxylic acids is 1. The molecule has 1 atom stereocenters. The summed E-state index contributed by atoms with van der Waals surface area (Å²) in [6, 6.07) is 13.9. The van der Waals surface area contributed by atoms with E-state index in [0.717, 1.165) is 12.8 Å². The lowest BCUT2D eigenvalue weighted by Gasteiger charge is -2.14. The number of carbonyl (C=O) groups excluding carboxylic acids is 2. The summed E-state index contributed by atoms with van der Waals surface area (Å²) in [5.41, 5.74) is 1.50. The van der Waals surface area contributed by atoms with Crippen molar-refractivity contribution in [2.24, 2.45) is 0 Å². The molecule has 0 saturated heterocycles. The number of carboxylic acid groups (broad SMARTS) is 1. The Bertz CT molecular complexity index is 776.